The van der Waals surface area contributed by atoms with E-state index in [0.29, 0.717) is 0 Å². The Morgan fingerprint density at radius 3 is 2.86 bits per heavy atom. The van der Waals surface area contributed by atoms with Crippen molar-refractivity contribution in [3.63, 3.8) is 0 Å². The number of nitrogens with one attached hydrogen (secondary N) is 1. The fourth-order valence-corrected chi connectivity index (χ4v) is 1.34. The summed E-state index contributed by atoms with van der Waals surface area (Å²) in [5.41, 5.74) is 7.65. The molecule has 0 saturated carbocycles. The monoisotopic (exact) mass is 191 g/mol. The summed E-state index contributed by atoms with van der Waals surface area (Å²) in [7, 11) is 1.89. The molecule has 0 fully saturated rings. The smallest absolute Gasteiger partial charge is 0.123 e. The Balaban J connectivity index is 2.39. The maximum Gasteiger partial charge on any atom is 0.123 e. The lowest BCUT2D eigenvalue weighted by atomic mass is 10.3. The highest BCUT2D eigenvalue weighted by atomic mass is 15.3. The average molecular weight is 191 g/mol. The van der Waals surface area contributed by atoms with Crippen molar-refractivity contribution < 1.29 is 0 Å². The lowest BCUT2D eigenvalue weighted by molar-refractivity contribution is 0.752. The van der Waals surface area contributed by atoms with Gasteiger partial charge in [-0.25, -0.2) is 4.98 Å². The minimum Gasteiger partial charge on any atom is -0.339 e. The molecule has 2 aromatic rings. The molecule has 0 radical (unpaired) electrons. The number of hydrogen-bond donors (Lipinski definition) is 2. The highest BCUT2D eigenvalue weighted by Gasteiger charge is 2.08. The van der Waals surface area contributed by atoms with Crippen LogP contribution in [0, 0.1) is 0 Å². The molecule has 0 aliphatic heterocycles. The van der Waals surface area contributed by atoms with E-state index < -0.39 is 0 Å². The van der Waals surface area contributed by atoms with Crippen LogP contribution in [0.5, 0.6) is 0 Å². The Bertz CT molecular complexity index is 426. The molecule has 74 valence electrons. The predicted molar refractivity (Wildman–Crippen MR) is 53.4 cm³/mol. The molecule has 2 rings (SSSR count). The summed E-state index contributed by atoms with van der Waals surface area (Å²) in [6, 6.07) is 1.86. The normalized spacial score (nSPS) is 13.1. The molecule has 0 aliphatic carbocycles. The zero-order valence-corrected chi connectivity index (χ0v) is 8.23. The minimum absolute atomic E-state index is 0.0722. The molecule has 0 amide bonds. The number of H-pyrrole nitrogens is 1. The van der Waals surface area contributed by atoms with E-state index in [1.807, 2.05) is 20.0 Å². The van der Waals surface area contributed by atoms with Gasteiger partial charge in [-0.1, -0.05) is 0 Å². The van der Waals surface area contributed by atoms with Gasteiger partial charge < -0.3 is 10.7 Å². The van der Waals surface area contributed by atoms with Crippen LogP contribution in [0.2, 0.25) is 0 Å². The lowest BCUT2D eigenvalue weighted by Gasteiger charge is -1.99. The number of nitrogens with zero attached hydrogens (tertiary/aromatic N) is 3. The number of aromatic amines is 1. The molecule has 3 N–H and O–H groups in total. The summed E-state index contributed by atoms with van der Waals surface area (Å²) in [5, 5.41) is 4.08. The maximum atomic E-state index is 5.70. The van der Waals surface area contributed by atoms with Gasteiger partial charge in [-0.15, -0.1) is 0 Å². The zero-order valence-electron chi connectivity index (χ0n) is 8.23. The Morgan fingerprint density at radius 1 is 1.57 bits per heavy atom. The third kappa shape index (κ3) is 1.42. The highest BCUT2D eigenvalue weighted by molar-refractivity contribution is 5.53. The molecular weight excluding hydrogens is 178 g/mol. The first-order valence-corrected chi connectivity index (χ1v) is 4.47. The molecule has 0 aliphatic rings. The fraction of sp³-hybridized carbons (Fsp3) is 0.333. The van der Waals surface area contributed by atoms with Crippen LogP contribution in [0.3, 0.4) is 0 Å². The number of imidazole rings is 1. The predicted octanol–water partition coefficient (Wildman–Crippen LogP) is 0.830. The first-order chi connectivity index (χ1) is 6.68. The second-order valence-corrected chi connectivity index (χ2v) is 3.31. The van der Waals surface area contributed by atoms with Crippen LogP contribution < -0.4 is 5.73 Å². The number of nitrogens with two attached hydrogens (primary N) is 1. The van der Waals surface area contributed by atoms with Crippen LogP contribution in [-0.4, -0.2) is 19.7 Å². The molecule has 5 heteroatoms. The van der Waals surface area contributed by atoms with Crippen molar-refractivity contribution >= 4 is 0 Å². The number of hydrogen-bond acceptors (Lipinski definition) is 3. The molecule has 0 saturated heterocycles. The number of aromatic nitrogens is 4. The second-order valence-electron chi connectivity index (χ2n) is 3.31. The van der Waals surface area contributed by atoms with Crippen molar-refractivity contribution in [1.29, 1.82) is 0 Å². The average Bonchev–Trinajstić information content (AvgIpc) is 2.71. The third-order valence-corrected chi connectivity index (χ3v) is 2.12. The van der Waals surface area contributed by atoms with Gasteiger partial charge in [-0.05, 0) is 13.0 Å². The zero-order chi connectivity index (χ0) is 10.1. The minimum atomic E-state index is -0.0722. The fourth-order valence-electron chi connectivity index (χ4n) is 1.34. The highest BCUT2D eigenvalue weighted by Crippen LogP contribution is 2.16. The van der Waals surface area contributed by atoms with Crippen molar-refractivity contribution in [3.8, 4) is 11.4 Å². The largest absolute Gasteiger partial charge is 0.339 e. The van der Waals surface area contributed by atoms with Crippen LogP contribution in [0.1, 0.15) is 18.8 Å². The van der Waals surface area contributed by atoms with E-state index in [9.17, 15) is 0 Å². The van der Waals surface area contributed by atoms with Gasteiger partial charge in [0.05, 0.1) is 23.6 Å². The van der Waals surface area contributed by atoms with Gasteiger partial charge >= 0.3 is 0 Å². The van der Waals surface area contributed by atoms with Gasteiger partial charge in [0.25, 0.3) is 0 Å². The van der Waals surface area contributed by atoms with E-state index in [4.69, 9.17) is 5.73 Å². The molecular formula is C9H13N5. The van der Waals surface area contributed by atoms with Crippen molar-refractivity contribution in [2.75, 3.05) is 0 Å². The van der Waals surface area contributed by atoms with Crippen molar-refractivity contribution in [2.45, 2.75) is 13.0 Å². The Kier molecular flexibility index (Phi) is 2.09. The Labute approximate surface area is 82.0 Å². The topological polar surface area (TPSA) is 72.5 Å². The van der Waals surface area contributed by atoms with Gasteiger partial charge in [0.1, 0.15) is 5.82 Å². The maximum absolute atomic E-state index is 5.70. The quantitative estimate of drug-likeness (QED) is 0.738. The van der Waals surface area contributed by atoms with E-state index in [2.05, 4.69) is 15.1 Å². The van der Waals surface area contributed by atoms with Gasteiger partial charge in [-0.3, -0.25) is 4.68 Å². The summed E-state index contributed by atoms with van der Waals surface area (Å²) in [4.78, 5) is 7.35. The van der Waals surface area contributed by atoms with Gasteiger partial charge in [-0.2, -0.15) is 5.10 Å². The molecule has 14 heavy (non-hydrogen) atoms. The molecule has 5 nitrogen and oxygen atoms in total. The number of rotatable bonds is 2. The van der Waals surface area contributed by atoms with E-state index in [-0.39, 0.29) is 6.04 Å². The van der Waals surface area contributed by atoms with E-state index >= 15 is 0 Å². The first-order valence-electron chi connectivity index (χ1n) is 4.47. The molecule has 0 spiro atoms. The van der Waals surface area contributed by atoms with Gasteiger partial charge in [0.15, 0.2) is 0 Å². The van der Waals surface area contributed by atoms with E-state index in [1.165, 1.54) is 0 Å². The Hall–Kier alpha value is -1.62. The molecule has 0 aromatic carbocycles. The first kappa shape index (κ1) is 8.96. The molecule has 1 unspecified atom stereocenters. The van der Waals surface area contributed by atoms with Crippen molar-refractivity contribution in [1.82, 2.24) is 19.7 Å². The van der Waals surface area contributed by atoms with Gasteiger partial charge in [0.2, 0.25) is 0 Å². The SMILES string of the molecule is CC(N)c1ncc(-c2ccnn2C)[nH]1. The van der Waals surface area contributed by atoms with Crippen LogP contribution >= 0.6 is 0 Å². The third-order valence-electron chi connectivity index (χ3n) is 2.12. The van der Waals surface area contributed by atoms with E-state index in [0.717, 1.165) is 17.2 Å². The van der Waals surface area contributed by atoms with Crippen molar-refractivity contribution in [3.05, 3.63) is 24.3 Å². The van der Waals surface area contributed by atoms with Crippen LogP contribution in [0.15, 0.2) is 18.5 Å². The summed E-state index contributed by atoms with van der Waals surface area (Å²) >= 11 is 0. The van der Waals surface area contributed by atoms with Crippen LogP contribution in [0.4, 0.5) is 0 Å². The Morgan fingerprint density at radius 2 is 2.36 bits per heavy atom. The molecule has 2 aromatic heterocycles. The van der Waals surface area contributed by atoms with Crippen LogP contribution in [0.25, 0.3) is 11.4 Å². The molecule has 1 atom stereocenters. The second kappa shape index (κ2) is 3.26. The van der Waals surface area contributed by atoms with E-state index in [1.54, 1.807) is 17.1 Å². The van der Waals surface area contributed by atoms with Crippen LogP contribution in [-0.2, 0) is 7.05 Å². The molecule has 2 heterocycles. The summed E-state index contributed by atoms with van der Waals surface area (Å²) in [6.07, 6.45) is 3.53. The number of aryl methyl sites for hydroxylation is 1. The standard InChI is InChI=1S/C9H13N5/c1-6(10)9-11-5-7(13-9)8-3-4-12-14(8)2/h3-6H,10H2,1-2H3,(H,11,13). The summed E-state index contributed by atoms with van der Waals surface area (Å²) in [6.45, 7) is 1.89. The summed E-state index contributed by atoms with van der Waals surface area (Å²) < 4.78 is 1.79. The van der Waals surface area contributed by atoms with Gasteiger partial charge in [0, 0.05) is 13.2 Å². The molecule has 0 bridgehead atoms. The summed E-state index contributed by atoms with van der Waals surface area (Å²) in [5.74, 6) is 0.793. The van der Waals surface area contributed by atoms with Crippen molar-refractivity contribution in [2.24, 2.45) is 12.8 Å². The lowest BCUT2D eigenvalue weighted by Crippen LogP contribution is -2.06.